The Balaban J connectivity index is 2.30. The Morgan fingerprint density at radius 3 is 2.14 bits per heavy atom. The van der Waals surface area contributed by atoms with E-state index >= 15 is 0 Å². The van der Waals surface area contributed by atoms with Crippen molar-refractivity contribution < 1.29 is 35.9 Å². The molecule has 2 rings (SSSR count). The minimum atomic E-state index is -5.28. The highest BCUT2D eigenvalue weighted by Gasteiger charge is 2.55. The second kappa shape index (κ2) is 8.33. The van der Waals surface area contributed by atoms with Crippen LogP contribution in [0.25, 0.3) is 0 Å². The number of rotatable bonds is 6. The van der Waals surface area contributed by atoms with Crippen molar-refractivity contribution in [3.63, 3.8) is 0 Å². The highest BCUT2D eigenvalue weighted by Crippen LogP contribution is 2.32. The third kappa shape index (κ3) is 4.90. The van der Waals surface area contributed by atoms with Gasteiger partial charge in [0, 0.05) is 4.90 Å². The van der Waals surface area contributed by atoms with Crippen LogP contribution in [-0.4, -0.2) is 37.0 Å². The standard InChI is InChI=1S/C18H17F4NO4S2/c1-3-28-11-4-6-12(7-5-11)29(26,27)13-8-9-15(14(19)10-13)23-16(24)17(2,25)18(20,21)22/h4-10,25H,3H2,1-2H3,(H,23,24). The van der Waals surface area contributed by atoms with Crippen LogP contribution in [0.2, 0.25) is 0 Å². The molecule has 2 aromatic carbocycles. The van der Waals surface area contributed by atoms with Gasteiger partial charge in [0.1, 0.15) is 5.82 Å². The first-order valence-corrected chi connectivity index (χ1v) is 10.7. The predicted molar refractivity (Wildman–Crippen MR) is 100 cm³/mol. The number of nitrogens with one attached hydrogen (secondary N) is 1. The summed E-state index contributed by atoms with van der Waals surface area (Å²) >= 11 is 1.51. The number of hydrogen-bond donors (Lipinski definition) is 2. The number of aliphatic hydroxyl groups is 1. The number of amides is 1. The maximum absolute atomic E-state index is 14.3. The van der Waals surface area contributed by atoms with E-state index in [1.165, 1.54) is 23.9 Å². The van der Waals surface area contributed by atoms with Crippen LogP contribution in [0, 0.1) is 5.82 Å². The van der Waals surface area contributed by atoms with Gasteiger partial charge in [-0.15, -0.1) is 11.8 Å². The summed E-state index contributed by atoms with van der Waals surface area (Å²) in [6.07, 6.45) is -5.28. The van der Waals surface area contributed by atoms with Crippen LogP contribution in [0.15, 0.2) is 57.2 Å². The summed E-state index contributed by atoms with van der Waals surface area (Å²) < 4.78 is 77.6. The lowest BCUT2D eigenvalue weighted by Crippen LogP contribution is -2.52. The number of hydrogen-bond acceptors (Lipinski definition) is 5. The number of carbonyl (C=O) groups is 1. The maximum Gasteiger partial charge on any atom is 0.426 e. The van der Waals surface area contributed by atoms with Crippen LogP contribution in [-0.2, 0) is 14.6 Å². The fraction of sp³-hybridized carbons (Fsp3) is 0.278. The molecule has 0 saturated carbocycles. The summed E-state index contributed by atoms with van der Waals surface area (Å²) in [6, 6.07) is 8.28. The van der Waals surface area contributed by atoms with E-state index in [4.69, 9.17) is 0 Å². The molecule has 0 aliphatic carbocycles. The van der Waals surface area contributed by atoms with Crippen molar-refractivity contribution in [3.8, 4) is 0 Å². The van der Waals surface area contributed by atoms with Crippen molar-refractivity contribution in [2.75, 3.05) is 11.1 Å². The van der Waals surface area contributed by atoms with E-state index in [9.17, 15) is 35.9 Å². The van der Waals surface area contributed by atoms with E-state index in [0.29, 0.717) is 6.07 Å². The van der Waals surface area contributed by atoms with Gasteiger partial charge in [0.25, 0.3) is 5.91 Å². The molecule has 0 aliphatic heterocycles. The molecule has 0 heterocycles. The molecule has 2 aromatic rings. The van der Waals surface area contributed by atoms with Gasteiger partial charge in [-0.05, 0) is 55.1 Å². The molecule has 0 fully saturated rings. The first-order valence-electron chi connectivity index (χ1n) is 8.18. The van der Waals surface area contributed by atoms with E-state index in [1.54, 1.807) is 17.4 Å². The van der Waals surface area contributed by atoms with Gasteiger partial charge in [-0.1, -0.05) is 6.92 Å². The molecule has 0 saturated heterocycles. The van der Waals surface area contributed by atoms with E-state index in [2.05, 4.69) is 0 Å². The average Bonchev–Trinajstić information content (AvgIpc) is 2.63. The van der Waals surface area contributed by atoms with Gasteiger partial charge in [-0.25, -0.2) is 12.8 Å². The van der Waals surface area contributed by atoms with Crippen molar-refractivity contribution in [1.29, 1.82) is 0 Å². The summed E-state index contributed by atoms with van der Waals surface area (Å²) in [5, 5.41) is 10.9. The van der Waals surface area contributed by atoms with Crippen LogP contribution in [0.4, 0.5) is 23.2 Å². The Morgan fingerprint density at radius 2 is 1.66 bits per heavy atom. The Labute approximate surface area is 169 Å². The van der Waals surface area contributed by atoms with Crippen LogP contribution in [0.3, 0.4) is 0 Å². The molecule has 11 heteroatoms. The minimum absolute atomic E-state index is 0.0888. The van der Waals surface area contributed by atoms with Crippen LogP contribution in [0.5, 0.6) is 0 Å². The fourth-order valence-electron chi connectivity index (χ4n) is 2.15. The molecule has 0 spiro atoms. The third-order valence-electron chi connectivity index (χ3n) is 3.94. The van der Waals surface area contributed by atoms with E-state index < -0.39 is 43.9 Å². The lowest BCUT2D eigenvalue weighted by atomic mass is 10.1. The molecule has 1 amide bonds. The number of sulfone groups is 1. The number of alkyl halides is 3. The Kier molecular flexibility index (Phi) is 6.65. The number of halogens is 4. The maximum atomic E-state index is 14.3. The van der Waals surface area contributed by atoms with Gasteiger partial charge in [0.15, 0.2) is 0 Å². The Bertz CT molecular complexity index is 1000. The highest BCUT2D eigenvalue weighted by molar-refractivity contribution is 7.99. The van der Waals surface area contributed by atoms with Crippen LogP contribution < -0.4 is 5.32 Å². The zero-order valence-electron chi connectivity index (χ0n) is 15.2. The van der Waals surface area contributed by atoms with Crippen molar-refractivity contribution in [3.05, 3.63) is 48.3 Å². The number of carbonyl (C=O) groups excluding carboxylic acids is 1. The molecule has 0 aromatic heterocycles. The minimum Gasteiger partial charge on any atom is -0.373 e. The largest absolute Gasteiger partial charge is 0.426 e. The topological polar surface area (TPSA) is 83.5 Å². The lowest BCUT2D eigenvalue weighted by Gasteiger charge is -2.25. The summed E-state index contributed by atoms with van der Waals surface area (Å²) in [4.78, 5) is 12.0. The molecule has 1 unspecified atom stereocenters. The summed E-state index contributed by atoms with van der Waals surface area (Å²) in [5.41, 5.74) is -4.45. The SMILES string of the molecule is CCSc1ccc(S(=O)(=O)c2ccc(NC(=O)C(C)(O)C(F)(F)F)c(F)c2)cc1. The average molecular weight is 451 g/mol. The molecule has 2 N–H and O–H groups in total. The quantitative estimate of drug-likeness (QED) is 0.512. The number of thioether (sulfide) groups is 1. The number of benzene rings is 2. The van der Waals surface area contributed by atoms with Gasteiger partial charge in [0.2, 0.25) is 15.4 Å². The van der Waals surface area contributed by atoms with Gasteiger partial charge < -0.3 is 10.4 Å². The van der Waals surface area contributed by atoms with Crippen molar-refractivity contribution in [2.24, 2.45) is 0 Å². The smallest absolute Gasteiger partial charge is 0.373 e. The first kappa shape index (κ1) is 23.2. The Morgan fingerprint density at radius 1 is 1.10 bits per heavy atom. The molecular weight excluding hydrogens is 434 g/mol. The van der Waals surface area contributed by atoms with Gasteiger partial charge in [0.05, 0.1) is 15.5 Å². The normalized spacial score (nSPS) is 14.3. The van der Waals surface area contributed by atoms with E-state index in [-0.39, 0.29) is 11.8 Å². The monoisotopic (exact) mass is 451 g/mol. The molecule has 158 valence electrons. The lowest BCUT2D eigenvalue weighted by molar-refractivity contribution is -0.242. The first-order chi connectivity index (χ1) is 13.3. The zero-order valence-corrected chi connectivity index (χ0v) is 16.9. The molecule has 29 heavy (non-hydrogen) atoms. The summed E-state index contributed by atoms with van der Waals surface area (Å²) in [7, 11) is -4.08. The third-order valence-corrected chi connectivity index (χ3v) is 6.60. The van der Waals surface area contributed by atoms with E-state index in [0.717, 1.165) is 22.8 Å². The Hall–Kier alpha value is -2.11. The van der Waals surface area contributed by atoms with Gasteiger partial charge >= 0.3 is 6.18 Å². The van der Waals surface area contributed by atoms with Crippen molar-refractivity contribution in [2.45, 2.75) is 40.3 Å². The van der Waals surface area contributed by atoms with Gasteiger partial charge in [-0.2, -0.15) is 13.2 Å². The predicted octanol–water partition coefficient (Wildman–Crippen LogP) is 4.02. The molecule has 1 atom stereocenters. The van der Waals surface area contributed by atoms with Crippen LogP contribution >= 0.6 is 11.8 Å². The summed E-state index contributed by atoms with van der Waals surface area (Å²) in [5.74, 6) is -2.37. The summed E-state index contributed by atoms with van der Waals surface area (Å²) in [6.45, 7) is 2.16. The fourth-order valence-corrected chi connectivity index (χ4v) is 4.09. The second-order valence-corrected chi connectivity index (χ2v) is 9.36. The molecule has 0 radical (unpaired) electrons. The second-order valence-electron chi connectivity index (χ2n) is 6.07. The van der Waals surface area contributed by atoms with Crippen molar-refractivity contribution >= 4 is 33.2 Å². The van der Waals surface area contributed by atoms with Crippen molar-refractivity contribution in [1.82, 2.24) is 0 Å². The molecule has 0 aliphatic rings. The molecular formula is C18H17F4NO4S2. The van der Waals surface area contributed by atoms with Crippen LogP contribution in [0.1, 0.15) is 13.8 Å². The molecule has 5 nitrogen and oxygen atoms in total. The molecule has 0 bridgehead atoms. The highest BCUT2D eigenvalue weighted by atomic mass is 32.2. The van der Waals surface area contributed by atoms with E-state index in [1.807, 2.05) is 6.92 Å². The van der Waals surface area contributed by atoms with Gasteiger partial charge in [-0.3, -0.25) is 4.79 Å². The number of anilines is 1. The zero-order chi connectivity index (χ0) is 22.0.